The van der Waals surface area contributed by atoms with Crippen LogP contribution in [0.15, 0.2) is 42.5 Å². The maximum Gasteiger partial charge on any atom is 0.280 e. The van der Waals surface area contributed by atoms with Crippen LogP contribution in [0.5, 0.6) is 0 Å². The quantitative estimate of drug-likeness (QED) is 0.477. The zero-order valence-corrected chi connectivity index (χ0v) is 17.7. The number of carbonyl (C=O) groups is 1. The second-order valence-corrected chi connectivity index (χ2v) is 8.22. The first-order valence-electron chi connectivity index (χ1n) is 10.5. The van der Waals surface area contributed by atoms with Gasteiger partial charge >= 0.3 is 0 Å². The van der Waals surface area contributed by atoms with Crippen molar-refractivity contribution in [2.24, 2.45) is 0 Å². The van der Waals surface area contributed by atoms with Gasteiger partial charge < -0.3 is 5.32 Å². The molecular weight excluding hydrogens is 414 g/mol. The van der Waals surface area contributed by atoms with Gasteiger partial charge in [0.25, 0.3) is 12.3 Å². The fourth-order valence-electron chi connectivity index (χ4n) is 3.82. The Balaban J connectivity index is 1.39. The summed E-state index contributed by atoms with van der Waals surface area (Å²) in [5.74, 6) is -0.262. The number of carbonyl (C=O) groups excluding carboxylic acids is 1. The van der Waals surface area contributed by atoms with Gasteiger partial charge in [-0.1, -0.05) is 12.1 Å². The molecule has 0 bridgehead atoms. The molecule has 4 aromatic rings. The molecule has 1 fully saturated rings. The molecule has 164 valence electrons. The minimum Gasteiger partial charge on any atom is -0.321 e. The van der Waals surface area contributed by atoms with E-state index in [1.807, 2.05) is 42.8 Å². The molecule has 1 N–H and O–H groups in total. The number of fused-ring (bicyclic) bond motifs is 1. The van der Waals surface area contributed by atoms with Crippen LogP contribution in [0.1, 0.15) is 64.0 Å². The van der Waals surface area contributed by atoms with Crippen molar-refractivity contribution in [1.29, 1.82) is 0 Å². The Morgan fingerprint density at radius 1 is 1.16 bits per heavy atom. The third kappa shape index (κ3) is 3.98. The predicted octanol–water partition coefficient (Wildman–Crippen LogP) is 4.66. The minimum atomic E-state index is -2.71. The molecule has 3 heterocycles. The molecule has 0 radical (unpaired) electrons. The fraction of sp³-hybridized carbons (Fsp3) is 0.304. The summed E-state index contributed by atoms with van der Waals surface area (Å²) in [7, 11) is 0. The van der Waals surface area contributed by atoms with Crippen LogP contribution >= 0.6 is 0 Å². The summed E-state index contributed by atoms with van der Waals surface area (Å²) < 4.78 is 30.1. The largest absolute Gasteiger partial charge is 0.321 e. The molecule has 9 heteroatoms. The van der Waals surface area contributed by atoms with E-state index in [-0.39, 0.29) is 23.0 Å². The molecule has 0 atom stereocenters. The molecule has 32 heavy (non-hydrogen) atoms. The van der Waals surface area contributed by atoms with Gasteiger partial charge in [-0.2, -0.15) is 10.2 Å². The molecule has 1 aliphatic carbocycles. The van der Waals surface area contributed by atoms with Gasteiger partial charge in [0.1, 0.15) is 5.69 Å². The summed E-state index contributed by atoms with van der Waals surface area (Å²) in [6, 6.07) is 12.3. The zero-order chi connectivity index (χ0) is 22.4. The number of nitrogens with zero attached hydrogens (tertiary/aromatic N) is 5. The highest BCUT2D eigenvalue weighted by atomic mass is 19.3. The lowest BCUT2D eigenvalue weighted by molar-refractivity contribution is 0.102. The number of halogens is 2. The number of rotatable bonds is 6. The number of amides is 1. The summed E-state index contributed by atoms with van der Waals surface area (Å²) >= 11 is 0. The molecule has 3 aromatic heterocycles. The summed E-state index contributed by atoms with van der Waals surface area (Å²) in [6.07, 6.45) is -0.817. The van der Waals surface area contributed by atoms with E-state index in [2.05, 4.69) is 20.5 Å². The molecule has 0 spiro atoms. The van der Waals surface area contributed by atoms with Crippen molar-refractivity contribution in [3.8, 4) is 0 Å². The van der Waals surface area contributed by atoms with E-state index in [1.165, 1.54) is 12.1 Å². The van der Waals surface area contributed by atoms with E-state index < -0.39 is 12.3 Å². The number of alkyl halides is 2. The van der Waals surface area contributed by atoms with Crippen LogP contribution in [0.2, 0.25) is 0 Å². The second-order valence-electron chi connectivity index (χ2n) is 8.22. The molecule has 0 aliphatic heterocycles. The van der Waals surface area contributed by atoms with Gasteiger partial charge in [0.2, 0.25) is 0 Å². The maximum atomic E-state index is 13.6. The molecule has 1 aromatic carbocycles. The molecule has 1 aliphatic rings. The van der Waals surface area contributed by atoms with Gasteiger partial charge in [-0.05, 0) is 56.5 Å². The highest BCUT2D eigenvalue weighted by molar-refractivity contribution is 6.03. The van der Waals surface area contributed by atoms with Crippen LogP contribution in [0.3, 0.4) is 0 Å². The third-order valence-electron chi connectivity index (χ3n) is 5.55. The van der Waals surface area contributed by atoms with Crippen molar-refractivity contribution in [1.82, 2.24) is 24.4 Å². The Kier molecular flexibility index (Phi) is 4.96. The van der Waals surface area contributed by atoms with Crippen LogP contribution in [0.4, 0.5) is 14.5 Å². The molecule has 0 saturated heterocycles. The summed E-state index contributed by atoms with van der Waals surface area (Å²) in [6.45, 7) is 4.51. The van der Waals surface area contributed by atoms with Gasteiger partial charge in [0, 0.05) is 29.1 Å². The highest BCUT2D eigenvalue weighted by Gasteiger charge is 2.28. The van der Waals surface area contributed by atoms with Crippen LogP contribution in [0.25, 0.3) is 5.65 Å². The first-order chi connectivity index (χ1) is 15.4. The van der Waals surface area contributed by atoms with Crippen molar-refractivity contribution in [3.63, 3.8) is 0 Å². The maximum absolute atomic E-state index is 13.6. The van der Waals surface area contributed by atoms with E-state index >= 15 is 0 Å². The number of aromatic nitrogens is 5. The number of hydrogen-bond acceptors (Lipinski definition) is 4. The van der Waals surface area contributed by atoms with Crippen LogP contribution in [-0.4, -0.2) is 30.3 Å². The molecule has 5 rings (SSSR count). The summed E-state index contributed by atoms with van der Waals surface area (Å²) in [4.78, 5) is 17.2. The SMILES string of the molecule is Cc1cc(C)n(Cc2cccc(NC(=O)c3cc4nc(C5CC5)cc(C(F)F)n4n3)c2)n1. The van der Waals surface area contributed by atoms with E-state index in [4.69, 9.17) is 0 Å². The lowest BCUT2D eigenvalue weighted by Gasteiger charge is -2.08. The molecule has 1 saturated carbocycles. The lowest BCUT2D eigenvalue weighted by atomic mass is 10.2. The monoisotopic (exact) mass is 436 g/mol. The topological polar surface area (TPSA) is 77.1 Å². The van der Waals surface area contributed by atoms with Crippen molar-refractivity contribution >= 4 is 17.2 Å². The Morgan fingerprint density at radius 3 is 2.66 bits per heavy atom. The van der Waals surface area contributed by atoms with Gasteiger partial charge in [0.15, 0.2) is 11.3 Å². The average molecular weight is 436 g/mol. The lowest BCUT2D eigenvalue weighted by Crippen LogP contribution is -2.13. The van der Waals surface area contributed by atoms with Gasteiger partial charge in [-0.15, -0.1) is 0 Å². The van der Waals surface area contributed by atoms with E-state index in [9.17, 15) is 13.6 Å². The first kappa shape index (κ1) is 20.3. The number of hydrogen-bond donors (Lipinski definition) is 1. The molecule has 0 unspecified atom stereocenters. The van der Waals surface area contributed by atoms with E-state index in [0.29, 0.717) is 17.9 Å². The van der Waals surface area contributed by atoms with E-state index in [0.717, 1.165) is 34.3 Å². The number of anilines is 1. The number of benzene rings is 1. The summed E-state index contributed by atoms with van der Waals surface area (Å²) in [5.41, 5.74) is 4.24. The Bertz CT molecular complexity index is 1320. The summed E-state index contributed by atoms with van der Waals surface area (Å²) in [5, 5.41) is 11.4. The normalized spacial score (nSPS) is 13.8. The third-order valence-corrected chi connectivity index (χ3v) is 5.55. The second kappa shape index (κ2) is 7.81. The van der Waals surface area contributed by atoms with Crippen LogP contribution in [-0.2, 0) is 6.54 Å². The minimum absolute atomic E-state index is 0.0382. The van der Waals surface area contributed by atoms with Crippen LogP contribution < -0.4 is 5.32 Å². The molecule has 7 nitrogen and oxygen atoms in total. The van der Waals surface area contributed by atoms with Crippen LogP contribution in [0, 0.1) is 13.8 Å². The predicted molar refractivity (Wildman–Crippen MR) is 115 cm³/mol. The Morgan fingerprint density at radius 2 is 1.97 bits per heavy atom. The van der Waals surface area contributed by atoms with Gasteiger partial charge in [-0.25, -0.2) is 18.3 Å². The number of nitrogens with one attached hydrogen (secondary N) is 1. The van der Waals surface area contributed by atoms with Crippen molar-refractivity contribution in [3.05, 3.63) is 76.5 Å². The van der Waals surface area contributed by atoms with E-state index in [1.54, 1.807) is 6.07 Å². The average Bonchev–Trinajstić information content (AvgIpc) is 3.43. The van der Waals surface area contributed by atoms with Gasteiger partial charge in [0.05, 0.1) is 12.2 Å². The molecule has 1 amide bonds. The van der Waals surface area contributed by atoms with Crippen molar-refractivity contribution < 1.29 is 13.6 Å². The van der Waals surface area contributed by atoms with Crippen molar-refractivity contribution in [2.75, 3.05) is 5.32 Å². The Labute approximate surface area is 183 Å². The number of aryl methyl sites for hydroxylation is 2. The first-order valence-corrected chi connectivity index (χ1v) is 10.5. The molecular formula is C23H22F2N6O. The zero-order valence-electron chi connectivity index (χ0n) is 17.7. The highest BCUT2D eigenvalue weighted by Crippen LogP contribution is 2.40. The fourth-order valence-corrected chi connectivity index (χ4v) is 3.82. The Hall–Kier alpha value is -3.62. The standard InChI is InChI=1S/C23H22F2N6O/c1-13-8-14(2)30(28-13)12-15-4-3-5-17(9-15)26-23(32)19-11-21-27-18(16-6-7-16)10-20(22(24)25)31(21)29-19/h3-5,8-11,16,22H,6-7,12H2,1-2H3,(H,26,32). The smallest absolute Gasteiger partial charge is 0.280 e. The van der Waals surface area contributed by atoms with Crippen molar-refractivity contribution in [2.45, 2.75) is 45.6 Å². The van der Waals surface area contributed by atoms with Gasteiger partial charge in [-0.3, -0.25) is 9.48 Å².